The van der Waals surface area contributed by atoms with Gasteiger partial charge >= 0.3 is 0 Å². The van der Waals surface area contributed by atoms with Crippen LogP contribution in [0.25, 0.3) is 0 Å². The van der Waals surface area contributed by atoms with E-state index in [0.29, 0.717) is 11.5 Å². The van der Waals surface area contributed by atoms with Crippen molar-refractivity contribution in [3.63, 3.8) is 0 Å². The number of ether oxygens (including phenoxy) is 1. The number of sulfone groups is 1. The van der Waals surface area contributed by atoms with E-state index in [4.69, 9.17) is 4.74 Å². The number of halogens is 4. The van der Waals surface area contributed by atoms with E-state index in [2.05, 4.69) is 63.7 Å². The van der Waals surface area contributed by atoms with Crippen LogP contribution in [0.15, 0.2) is 46.2 Å². The Hall–Kier alpha value is 0.110. The van der Waals surface area contributed by atoms with Gasteiger partial charge in [0.05, 0.1) is 7.47 Å². The van der Waals surface area contributed by atoms with E-state index in [0.717, 1.165) is 11.1 Å². The minimum Gasteiger partial charge on any atom is -0.455 e. The third kappa shape index (κ3) is 2.92. The number of benzene rings is 2. The van der Waals surface area contributed by atoms with Crippen molar-refractivity contribution in [3.8, 4) is 11.5 Å². The molecule has 0 amide bonds. The lowest BCUT2D eigenvalue weighted by molar-refractivity contribution is 0.442. The number of hydrogen-bond donors (Lipinski definition) is 0. The summed E-state index contributed by atoms with van der Waals surface area (Å²) in [6.45, 7) is 0. The van der Waals surface area contributed by atoms with Crippen LogP contribution in [-0.2, 0) is 9.84 Å². The maximum atomic E-state index is 12.9. The van der Waals surface area contributed by atoms with Gasteiger partial charge in [0.25, 0.3) is 0 Å². The van der Waals surface area contributed by atoms with Crippen LogP contribution in [0, 0.1) is 0 Å². The summed E-state index contributed by atoms with van der Waals surface area (Å²) in [4.78, 5) is 0.360. The van der Waals surface area contributed by atoms with Crippen molar-refractivity contribution in [2.45, 2.75) is 17.3 Å². The Morgan fingerprint density at radius 3 is 1.55 bits per heavy atom. The molecule has 8 heteroatoms. The van der Waals surface area contributed by atoms with Crippen molar-refractivity contribution in [2.75, 3.05) is 0 Å². The summed E-state index contributed by atoms with van der Waals surface area (Å²) in [6.07, 6.45) is 0. The Morgan fingerprint density at radius 2 is 1.18 bits per heavy atom. The van der Waals surface area contributed by atoms with Gasteiger partial charge in [0, 0.05) is 0 Å². The molecule has 0 fully saturated rings. The molecule has 0 saturated heterocycles. The molecule has 0 bridgehead atoms. The molecule has 0 aliphatic carbocycles. The second kappa shape index (κ2) is 6.20. The molecule has 0 atom stereocenters. The van der Waals surface area contributed by atoms with Gasteiger partial charge in [0.15, 0.2) is 0 Å². The molecule has 0 N–H and O–H groups in total. The van der Waals surface area contributed by atoms with E-state index in [9.17, 15) is 8.42 Å². The topological polar surface area (TPSA) is 43.4 Å². The van der Waals surface area contributed by atoms with Crippen molar-refractivity contribution < 1.29 is 13.2 Å². The molecule has 2 aromatic carbocycles. The zero-order valence-corrected chi connectivity index (χ0v) is 17.9. The van der Waals surface area contributed by atoms with Crippen LogP contribution in [0.5, 0.6) is 11.5 Å². The van der Waals surface area contributed by atoms with Crippen molar-refractivity contribution in [1.82, 2.24) is 0 Å². The minimum atomic E-state index is -3.62. The first-order valence-corrected chi connectivity index (χ1v) is 11.2. The van der Waals surface area contributed by atoms with Crippen LogP contribution in [0.4, 0.5) is 0 Å². The van der Waals surface area contributed by atoms with Gasteiger partial charge in [-0.3, -0.25) is 0 Å². The van der Waals surface area contributed by atoms with Crippen molar-refractivity contribution >= 4 is 73.6 Å². The van der Waals surface area contributed by atoms with Gasteiger partial charge in [-0.15, -0.1) is 0 Å². The van der Waals surface area contributed by atoms with Crippen LogP contribution >= 0.6 is 63.7 Å². The van der Waals surface area contributed by atoms with Crippen LogP contribution < -0.4 is 4.74 Å². The predicted octanol–water partition coefficient (Wildman–Crippen LogP) is 6.20. The fourth-order valence-corrected chi connectivity index (χ4v) is 4.85. The highest BCUT2D eigenvalue weighted by molar-refractivity contribution is 9.24. The molecule has 1 heterocycles. The summed E-state index contributed by atoms with van der Waals surface area (Å²) < 4.78 is 31.3. The first-order valence-electron chi connectivity index (χ1n) is 6.08. The maximum Gasteiger partial charge on any atom is 0.213 e. The lowest BCUT2D eigenvalue weighted by atomic mass is 10.2. The number of rotatable bonds is 2. The van der Waals surface area contributed by atoms with Gasteiger partial charge < -0.3 is 4.74 Å². The maximum absolute atomic E-state index is 12.9. The monoisotopic (exact) mass is 572 g/mol. The Kier molecular flexibility index (Phi) is 4.78. The fraction of sp³-hybridized carbons (Fsp3) is 0.143. The molecule has 0 radical (unpaired) electrons. The van der Waals surface area contributed by atoms with Gasteiger partial charge in [-0.1, -0.05) is 75.9 Å². The standard InChI is InChI=1S/C14H8Br4O3S/c15-13(16)7-1-3-9-11(5-7)22(19,20)12-6-8(14(17)18)2-4-10(12)21-9/h1-6,13-14H. The molecule has 22 heavy (non-hydrogen) atoms. The van der Waals surface area contributed by atoms with Gasteiger partial charge in [0.1, 0.15) is 21.3 Å². The Balaban J connectivity index is 2.21. The highest BCUT2D eigenvalue weighted by atomic mass is 79.9. The molecule has 116 valence electrons. The lowest BCUT2D eigenvalue weighted by Crippen LogP contribution is -2.12. The molecule has 3 nitrogen and oxygen atoms in total. The summed E-state index contributed by atoms with van der Waals surface area (Å²) in [6, 6.07) is 10.2. The van der Waals surface area contributed by atoms with E-state index < -0.39 is 9.84 Å². The highest BCUT2D eigenvalue weighted by Crippen LogP contribution is 2.46. The van der Waals surface area contributed by atoms with Gasteiger partial charge in [-0.2, -0.15) is 0 Å². The Morgan fingerprint density at radius 1 is 0.773 bits per heavy atom. The summed E-state index contributed by atoms with van der Waals surface area (Å²) in [5.74, 6) is 0.692. The first kappa shape index (κ1) is 17.0. The summed E-state index contributed by atoms with van der Waals surface area (Å²) >= 11 is 13.5. The van der Waals surface area contributed by atoms with E-state index in [-0.39, 0.29) is 17.3 Å². The molecule has 0 saturated carbocycles. The molecule has 1 aliphatic rings. The number of fused-ring (bicyclic) bond motifs is 2. The third-order valence-electron chi connectivity index (χ3n) is 3.24. The summed E-state index contributed by atoms with van der Waals surface area (Å²) in [5, 5.41) is 0. The quantitative estimate of drug-likeness (QED) is 0.342. The second-order valence-corrected chi connectivity index (χ2v) is 12.6. The average Bonchev–Trinajstić information content (AvgIpc) is 2.46. The van der Waals surface area contributed by atoms with Crippen molar-refractivity contribution in [2.24, 2.45) is 0 Å². The Bertz CT molecular complexity index is 784. The normalized spacial score (nSPS) is 15.4. The van der Waals surface area contributed by atoms with Gasteiger partial charge in [-0.05, 0) is 35.4 Å². The zero-order chi connectivity index (χ0) is 16.1. The lowest BCUT2D eigenvalue weighted by Gasteiger charge is -2.22. The van der Waals surface area contributed by atoms with Crippen LogP contribution in [0.1, 0.15) is 18.6 Å². The van der Waals surface area contributed by atoms with Crippen molar-refractivity contribution in [3.05, 3.63) is 47.5 Å². The van der Waals surface area contributed by atoms with Crippen LogP contribution in [0.2, 0.25) is 0 Å². The number of hydrogen-bond acceptors (Lipinski definition) is 3. The number of alkyl halides is 4. The summed E-state index contributed by atoms with van der Waals surface area (Å²) in [7, 11) is -3.62. The Labute approximate surface area is 161 Å². The van der Waals surface area contributed by atoms with E-state index >= 15 is 0 Å². The average molecular weight is 576 g/mol. The van der Waals surface area contributed by atoms with Crippen LogP contribution in [0.3, 0.4) is 0 Å². The molecule has 2 aromatic rings. The molecule has 3 rings (SSSR count). The van der Waals surface area contributed by atoms with Crippen LogP contribution in [-0.4, -0.2) is 8.42 Å². The molecule has 1 aliphatic heterocycles. The predicted molar refractivity (Wildman–Crippen MR) is 99.6 cm³/mol. The smallest absolute Gasteiger partial charge is 0.213 e. The minimum absolute atomic E-state index is 0.123. The molecule has 0 aromatic heterocycles. The summed E-state index contributed by atoms with van der Waals surface area (Å²) in [5.41, 5.74) is 1.62. The first-order chi connectivity index (χ1) is 10.3. The van der Waals surface area contributed by atoms with Gasteiger partial charge in [0.2, 0.25) is 9.84 Å². The van der Waals surface area contributed by atoms with E-state index in [1.165, 1.54) is 0 Å². The third-order valence-corrected chi connectivity index (χ3v) is 7.15. The molecular weight excluding hydrogens is 568 g/mol. The van der Waals surface area contributed by atoms with Crippen molar-refractivity contribution in [1.29, 1.82) is 0 Å². The fourth-order valence-electron chi connectivity index (χ4n) is 2.15. The zero-order valence-electron chi connectivity index (χ0n) is 10.8. The van der Waals surface area contributed by atoms with E-state index in [1.54, 1.807) is 24.3 Å². The molecule has 0 spiro atoms. The van der Waals surface area contributed by atoms with Gasteiger partial charge in [-0.25, -0.2) is 8.42 Å². The molecular formula is C14H8Br4O3S. The molecule has 0 unspecified atom stereocenters. The highest BCUT2D eigenvalue weighted by Gasteiger charge is 2.32. The largest absolute Gasteiger partial charge is 0.455 e. The second-order valence-electron chi connectivity index (χ2n) is 4.62. The van der Waals surface area contributed by atoms with E-state index in [1.807, 2.05) is 12.1 Å². The SMILES string of the molecule is O=S1(=O)c2cc(C(Br)Br)ccc2Oc2ccc(C(Br)Br)cc21.